The molecule has 0 spiro atoms. The molecule has 0 aromatic carbocycles. The molecule has 5 nitrogen and oxygen atoms in total. The quantitative estimate of drug-likeness (QED) is 0.778. The Bertz CT molecular complexity index is 410. The second-order valence-corrected chi connectivity index (χ2v) is 5.52. The molecule has 5 heteroatoms. The van der Waals surface area contributed by atoms with Crippen molar-refractivity contribution in [3.05, 3.63) is 11.8 Å². The molecular formula is C12H20N4O. The summed E-state index contributed by atoms with van der Waals surface area (Å²) in [7, 11) is 0. The summed E-state index contributed by atoms with van der Waals surface area (Å²) >= 11 is 0. The van der Waals surface area contributed by atoms with Gasteiger partial charge in [-0.15, -0.1) is 0 Å². The van der Waals surface area contributed by atoms with E-state index in [9.17, 15) is 4.79 Å². The number of likely N-dealkylation sites (tertiary alicyclic amines) is 1. The van der Waals surface area contributed by atoms with E-state index >= 15 is 0 Å². The molecule has 0 aliphatic carbocycles. The number of carbonyl (C=O) groups is 1. The Morgan fingerprint density at radius 1 is 1.47 bits per heavy atom. The number of nitrogens with zero attached hydrogens (tertiary/aromatic N) is 2. The van der Waals surface area contributed by atoms with Gasteiger partial charge in [-0.1, -0.05) is 13.8 Å². The fourth-order valence-corrected chi connectivity index (χ4v) is 2.24. The number of aromatic amines is 1. The van der Waals surface area contributed by atoms with Crippen LogP contribution in [0.2, 0.25) is 0 Å². The molecule has 17 heavy (non-hydrogen) atoms. The van der Waals surface area contributed by atoms with Crippen LogP contribution in [-0.4, -0.2) is 34.1 Å². The number of amides is 1. The van der Waals surface area contributed by atoms with Gasteiger partial charge >= 0.3 is 0 Å². The number of nitrogens with one attached hydrogen (secondary N) is 1. The molecule has 1 saturated heterocycles. The number of aromatic nitrogens is 2. The zero-order chi connectivity index (χ0) is 12.5. The van der Waals surface area contributed by atoms with Gasteiger partial charge in [0, 0.05) is 19.2 Å². The highest BCUT2D eigenvalue weighted by molar-refractivity contribution is 5.92. The van der Waals surface area contributed by atoms with Gasteiger partial charge in [0.25, 0.3) is 5.91 Å². The van der Waals surface area contributed by atoms with Crippen molar-refractivity contribution < 1.29 is 4.79 Å². The molecule has 0 atom stereocenters. The zero-order valence-electron chi connectivity index (χ0n) is 10.5. The molecule has 0 unspecified atom stereocenters. The zero-order valence-corrected chi connectivity index (χ0v) is 10.5. The maximum absolute atomic E-state index is 12.2. The van der Waals surface area contributed by atoms with Crippen molar-refractivity contribution in [1.29, 1.82) is 0 Å². The minimum absolute atomic E-state index is 0.00639. The Labute approximate surface area is 101 Å². The summed E-state index contributed by atoms with van der Waals surface area (Å²) in [4.78, 5) is 14.1. The SMILES string of the molecule is CC1(C)CCCN(C(=O)c2cc(N)n[nH]2)CC1. The Hall–Kier alpha value is -1.52. The molecular weight excluding hydrogens is 216 g/mol. The van der Waals surface area contributed by atoms with Gasteiger partial charge in [-0.25, -0.2) is 0 Å². The number of nitrogen functional groups attached to an aromatic ring is 1. The fourth-order valence-electron chi connectivity index (χ4n) is 2.24. The lowest BCUT2D eigenvalue weighted by Crippen LogP contribution is -2.32. The van der Waals surface area contributed by atoms with E-state index in [1.165, 1.54) is 6.42 Å². The van der Waals surface area contributed by atoms with Crippen molar-refractivity contribution in [2.24, 2.45) is 5.41 Å². The molecule has 1 aromatic rings. The molecule has 3 N–H and O–H groups in total. The number of nitrogens with two attached hydrogens (primary N) is 1. The standard InChI is InChI=1S/C12H20N4O/c1-12(2)4-3-6-16(7-5-12)11(17)9-8-10(13)15-14-9/h8H,3-7H2,1-2H3,(H3,13,14,15). The van der Waals surface area contributed by atoms with Crippen LogP contribution >= 0.6 is 0 Å². The normalized spacial score (nSPS) is 20.0. The van der Waals surface area contributed by atoms with E-state index in [1.807, 2.05) is 4.90 Å². The van der Waals surface area contributed by atoms with Crippen molar-refractivity contribution in [1.82, 2.24) is 15.1 Å². The minimum atomic E-state index is 0.00639. The van der Waals surface area contributed by atoms with E-state index < -0.39 is 0 Å². The first-order valence-electron chi connectivity index (χ1n) is 6.08. The summed E-state index contributed by atoms with van der Waals surface area (Å²) in [5, 5.41) is 6.47. The second-order valence-electron chi connectivity index (χ2n) is 5.52. The molecule has 0 radical (unpaired) electrons. The molecule has 1 aromatic heterocycles. The summed E-state index contributed by atoms with van der Waals surface area (Å²) in [6.07, 6.45) is 3.27. The topological polar surface area (TPSA) is 75.0 Å². The maximum atomic E-state index is 12.2. The number of carbonyl (C=O) groups excluding carboxylic acids is 1. The number of rotatable bonds is 1. The predicted octanol–water partition coefficient (Wildman–Crippen LogP) is 1.64. The Morgan fingerprint density at radius 3 is 2.88 bits per heavy atom. The van der Waals surface area contributed by atoms with Gasteiger partial charge in [-0.3, -0.25) is 9.89 Å². The van der Waals surface area contributed by atoms with Gasteiger partial charge in [0.1, 0.15) is 11.5 Å². The first-order valence-corrected chi connectivity index (χ1v) is 6.08. The molecule has 1 fully saturated rings. The lowest BCUT2D eigenvalue weighted by Gasteiger charge is -2.23. The van der Waals surface area contributed by atoms with Crippen molar-refractivity contribution in [3.8, 4) is 0 Å². The van der Waals surface area contributed by atoms with Gasteiger partial charge < -0.3 is 10.6 Å². The van der Waals surface area contributed by atoms with Crippen molar-refractivity contribution in [3.63, 3.8) is 0 Å². The molecule has 0 saturated carbocycles. The average molecular weight is 236 g/mol. The smallest absolute Gasteiger partial charge is 0.271 e. The minimum Gasteiger partial charge on any atom is -0.382 e. The van der Waals surface area contributed by atoms with Crippen LogP contribution < -0.4 is 5.73 Å². The first-order chi connectivity index (χ1) is 7.98. The third-order valence-electron chi connectivity index (χ3n) is 3.46. The molecule has 94 valence electrons. The second kappa shape index (κ2) is 4.39. The summed E-state index contributed by atoms with van der Waals surface area (Å²) in [6.45, 7) is 6.15. The third kappa shape index (κ3) is 2.78. The van der Waals surface area contributed by atoms with E-state index in [0.29, 0.717) is 16.9 Å². The van der Waals surface area contributed by atoms with E-state index in [-0.39, 0.29) is 5.91 Å². The van der Waals surface area contributed by atoms with Gasteiger partial charge in [0.15, 0.2) is 0 Å². The number of H-pyrrole nitrogens is 1. The Balaban J connectivity index is 2.05. The largest absolute Gasteiger partial charge is 0.382 e. The van der Waals surface area contributed by atoms with Crippen LogP contribution in [0.15, 0.2) is 6.07 Å². The van der Waals surface area contributed by atoms with Crippen molar-refractivity contribution in [2.45, 2.75) is 33.1 Å². The monoisotopic (exact) mass is 236 g/mol. The van der Waals surface area contributed by atoms with E-state index in [4.69, 9.17) is 5.73 Å². The first kappa shape index (κ1) is 12.0. The van der Waals surface area contributed by atoms with Gasteiger partial charge in [0.2, 0.25) is 0 Å². The maximum Gasteiger partial charge on any atom is 0.271 e. The van der Waals surface area contributed by atoms with Crippen LogP contribution in [0, 0.1) is 5.41 Å². The highest BCUT2D eigenvalue weighted by atomic mass is 16.2. The van der Waals surface area contributed by atoms with Gasteiger partial charge in [-0.2, -0.15) is 5.10 Å². The molecule has 2 rings (SSSR count). The third-order valence-corrected chi connectivity index (χ3v) is 3.46. The van der Waals surface area contributed by atoms with Crippen LogP contribution in [0.5, 0.6) is 0 Å². The number of hydrogen-bond acceptors (Lipinski definition) is 3. The van der Waals surface area contributed by atoms with Crippen LogP contribution in [0.25, 0.3) is 0 Å². The van der Waals surface area contributed by atoms with Crippen molar-refractivity contribution in [2.75, 3.05) is 18.8 Å². The lowest BCUT2D eigenvalue weighted by atomic mass is 9.85. The molecule has 0 bridgehead atoms. The van der Waals surface area contributed by atoms with Gasteiger partial charge in [-0.05, 0) is 24.7 Å². The van der Waals surface area contributed by atoms with Crippen LogP contribution in [0.4, 0.5) is 5.82 Å². The summed E-state index contributed by atoms with van der Waals surface area (Å²) in [6, 6.07) is 1.60. The van der Waals surface area contributed by atoms with Gasteiger partial charge in [0.05, 0.1) is 0 Å². The highest BCUT2D eigenvalue weighted by Crippen LogP contribution is 2.30. The summed E-state index contributed by atoms with van der Waals surface area (Å²) in [5.41, 5.74) is 6.33. The predicted molar refractivity (Wildman–Crippen MR) is 66.5 cm³/mol. The van der Waals surface area contributed by atoms with Crippen molar-refractivity contribution >= 4 is 11.7 Å². The molecule has 1 aliphatic heterocycles. The summed E-state index contributed by atoms with van der Waals surface area (Å²) < 4.78 is 0. The Kier molecular flexibility index (Phi) is 3.09. The number of hydrogen-bond donors (Lipinski definition) is 2. The molecule has 1 aliphatic rings. The fraction of sp³-hybridized carbons (Fsp3) is 0.667. The van der Waals surface area contributed by atoms with Crippen LogP contribution in [0.1, 0.15) is 43.6 Å². The van der Waals surface area contributed by atoms with E-state index in [2.05, 4.69) is 24.0 Å². The highest BCUT2D eigenvalue weighted by Gasteiger charge is 2.26. The number of anilines is 1. The average Bonchev–Trinajstić information content (AvgIpc) is 2.60. The molecule has 1 amide bonds. The summed E-state index contributed by atoms with van der Waals surface area (Å²) in [5.74, 6) is 0.371. The van der Waals surface area contributed by atoms with Crippen LogP contribution in [0.3, 0.4) is 0 Å². The van der Waals surface area contributed by atoms with E-state index in [1.54, 1.807) is 6.07 Å². The lowest BCUT2D eigenvalue weighted by molar-refractivity contribution is 0.0751. The Morgan fingerprint density at radius 2 is 2.24 bits per heavy atom. The molecule has 2 heterocycles. The van der Waals surface area contributed by atoms with E-state index in [0.717, 1.165) is 25.9 Å². The van der Waals surface area contributed by atoms with Crippen LogP contribution in [-0.2, 0) is 0 Å².